The van der Waals surface area contributed by atoms with Crippen molar-refractivity contribution >= 4 is 23.8 Å². The van der Waals surface area contributed by atoms with Gasteiger partial charge in [-0.2, -0.15) is 15.0 Å². The Morgan fingerprint density at radius 3 is 2.59 bits per heavy atom. The van der Waals surface area contributed by atoms with Gasteiger partial charge in [-0.3, -0.25) is 0 Å². The third-order valence-electron chi connectivity index (χ3n) is 1.94. The van der Waals surface area contributed by atoms with Crippen LogP contribution in [0.2, 0.25) is 0 Å². The van der Waals surface area contributed by atoms with Crippen LogP contribution in [0.3, 0.4) is 0 Å². The molecular formula is C9H16N6O2. The first-order valence-electron chi connectivity index (χ1n) is 4.97. The highest BCUT2D eigenvalue weighted by Gasteiger charge is 2.15. The summed E-state index contributed by atoms with van der Waals surface area (Å²) in [5, 5.41) is 2.79. The highest BCUT2D eigenvalue weighted by atomic mass is 16.5. The largest absolute Gasteiger partial charge is 0.467 e. The number of hydrogen-bond donors (Lipinski definition) is 2. The lowest BCUT2D eigenvalue weighted by atomic mass is 10.3. The number of aromatic nitrogens is 3. The third kappa shape index (κ3) is 3.44. The van der Waals surface area contributed by atoms with E-state index in [1.54, 1.807) is 25.9 Å². The zero-order valence-corrected chi connectivity index (χ0v) is 10.3. The van der Waals surface area contributed by atoms with E-state index < -0.39 is 12.0 Å². The number of carbonyl (C=O) groups is 1. The summed E-state index contributed by atoms with van der Waals surface area (Å²) in [5.41, 5.74) is 5.54. The van der Waals surface area contributed by atoms with E-state index in [1.165, 1.54) is 7.11 Å². The molecule has 0 aromatic carbocycles. The molecule has 1 rings (SSSR count). The van der Waals surface area contributed by atoms with Gasteiger partial charge in [0.1, 0.15) is 6.04 Å². The predicted molar refractivity (Wildman–Crippen MR) is 63.7 cm³/mol. The lowest BCUT2D eigenvalue weighted by molar-refractivity contribution is -0.141. The third-order valence-corrected chi connectivity index (χ3v) is 1.94. The molecule has 0 aliphatic carbocycles. The van der Waals surface area contributed by atoms with Crippen LogP contribution in [0.1, 0.15) is 6.92 Å². The molecule has 0 aliphatic heterocycles. The van der Waals surface area contributed by atoms with Crippen LogP contribution in [0, 0.1) is 0 Å². The quantitative estimate of drug-likeness (QED) is 0.678. The summed E-state index contributed by atoms with van der Waals surface area (Å²) in [5.74, 6) is 0.329. The number of nitrogen functional groups attached to an aromatic ring is 1. The van der Waals surface area contributed by atoms with Crippen molar-refractivity contribution in [2.75, 3.05) is 37.2 Å². The van der Waals surface area contributed by atoms with Gasteiger partial charge in [-0.05, 0) is 6.92 Å². The molecule has 0 bridgehead atoms. The first kappa shape index (κ1) is 12.9. The fraction of sp³-hybridized carbons (Fsp3) is 0.556. The number of carbonyl (C=O) groups excluding carboxylic acids is 1. The van der Waals surface area contributed by atoms with Crippen LogP contribution >= 0.6 is 0 Å². The number of hydrogen-bond acceptors (Lipinski definition) is 8. The van der Waals surface area contributed by atoms with Crippen LogP contribution in [-0.2, 0) is 9.53 Å². The van der Waals surface area contributed by atoms with Crippen molar-refractivity contribution in [3.63, 3.8) is 0 Å². The lowest BCUT2D eigenvalue weighted by Gasteiger charge is -2.14. The predicted octanol–water partition coefficient (Wildman–Crippen LogP) is -0.507. The van der Waals surface area contributed by atoms with Crippen molar-refractivity contribution in [2.24, 2.45) is 0 Å². The van der Waals surface area contributed by atoms with Crippen LogP contribution in [0.25, 0.3) is 0 Å². The van der Waals surface area contributed by atoms with Crippen LogP contribution < -0.4 is 16.0 Å². The Bertz CT molecular complexity index is 408. The van der Waals surface area contributed by atoms with Crippen molar-refractivity contribution in [2.45, 2.75) is 13.0 Å². The van der Waals surface area contributed by atoms with Gasteiger partial charge >= 0.3 is 5.97 Å². The number of ether oxygens (including phenoxy) is 1. The van der Waals surface area contributed by atoms with E-state index in [2.05, 4.69) is 25.0 Å². The van der Waals surface area contributed by atoms with E-state index in [-0.39, 0.29) is 11.9 Å². The molecule has 1 unspecified atom stereocenters. The van der Waals surface area contributed by atoms with Crippen LogP contribution in [0.4, 0.5) is 17.8 Å². The molecule has 0 amide bonds. The highest BCUT2D eigenvalue weighted by molar-refractivity contribution is 5.78. The van der Waals surface area contributed by atoms with Crippen molar-refractivity contribution in [3.05, 3.63) is 0 Å². The Hall–Kier alpha value is -2.12. The van der Waals surface area contributed by atoms with Gasteiger partial charge in [-0.1, -0.05) is 0 Å². The van der Waals surface area contributed by atoms with E-state index in [9.17, 15) is 4.79 Å². The molecule has 1 aromatic rings. The maximum atomic E-state index is 11.2. The van der Waals surface area contributed by atoms with Crippen LogP contribution in [0.5, 0.6) is 0 Å². The van der Waals surface area contributed by atoms with Crippen LogP contribution in [0.15, 0.2) is 0 Å². The molecule has 0 aliphatic rings. The lowest BCUT2D eigenvalue weighted by Crippen LogP contribution is -2.28. The summed E-state index contributed by atoms with van der Waals surface area (Å²) in [4.78, 5) is 24.8. The fourth-order valence-electron chi connectivity index (χ4n) is 1.07. The van der Waals surface area contributed by atoms with Gasteiger partial charge < -0.3 is 20.7 Å². The number of rotatable bonds is 4. The van der Waals surface area contributed by atoms with Gasteiger partial charge in [0.15, 0.2) is 0 Å². The maximum Gasteiger partial charge on any atom is 0.328 e. The second kappa shape index (κ2) is 5.28. The Balaban J connectivity index is 2.87. The monoisotopic (exact) mass is 240 g/mol. The molecule has 8 nitrogen and oxygen atoms in total. The minimum atomic E-state index is -0.559. The zero-order valence-electron chi connectivity index (χ0n) is 10.3. The van der Waals surface area contributed by atoms with Crippen molar-refractivity contribution in [1.82, 2.24) is 15.0 Å². The smallest absolute Gasteiger partial charge is 0.328 e. The molecule has 3 N–H and O–H groups in total. The standard InChI is InChI=1S/C9H16N6O2/c1-5(6(16)17-4)11-8-12-7(10)13-9(14-8)15(2)3/h5H,1-4H3,(H3,10,11,12,13,14). The topological polar surface area (TPSA) is 106 Å². The molecule has 0 fully saturated rings. The number of esters is 1. The minimum absolute atomic E-state index is 0.0864. The summed E-state index contributed by atoms with van der Waals surface area (Å²) in [6.07, 6.45) is 0. The van der Waals surface area contributed by atoms with E-state index in [1.807, 2.05) is 0 Å². The first-order chi connectivity index (χ1) is 7.93. The molecule has 94 valence electrons. The van der Waals surface area contributed by atoms with E-state index >= 15 is 0 Å². The molecule has 8 heteroatoms. The Kier molecular flexibility index (Phi) is 4.02. The minimum Gasteiger partial charge on any atom is -0.467 e. The van der Waals surface area contributed by atoms with Gasteiger partial charge in [0.2, 0.25) is 17.8 Å². The molecule has 0 saturated heterocycles. The molecule has 0 saturated carbocycles. The van der Waals surface area contributed by atoms with E-state index in [4.69, 9.17) is 5.73 Å². The van der Waals surface area contributed by atoms with E-state index in [0.717, 1.165) is 0 Å². The highest BCUT2D eigenvalue weighted by Crippen LogP contribution is 2.10. The average molecular weight is 240 g/mol. The molecule has 0 spiro atoms. The van der Waals surface area contributed by atoms with Gasteiger partial charge in [-0.25, -0.2) is 4.79 Å². The number of nitrogens with two attached hydrogens (primary N) is 1. The molecule has 17 heavy (non-hydrogen) atoms. The molecule has 1 atom stereocenters. The number of nitrogens with zero attached hydrogens (tertiary/aromatic N) is 4. The second-order valence-electron chi connectivity index (χ2n) is 3.60. The summed E-state index contributed by atoms with van der Waals surface area (Å²) in [6, 6.07) is -0.559. The second-order valence-corrected chi connectivity index (χ2v) is 3.60. The average Bonchev–Trinajstić information content (AvgIpc) is 2.26. The SMILES string of the molecule is COC(=O)C(C)Nc1nc(N)nc(N(C)C)n1. The number of nitrogens with one attached hydrogen (secondary N) is 1. The van der Waals surface area contributed by atoms with Crippen molar-refractivity contribution in [1.29, 1.82) is 0 Å². The summed E-state index contributed by atoms with van der Waals surface area (Å²) < 4.78 is 4.58. The first-order valence-corrected chi connectivity index (χ1v) is 4.97. The Morgan fingerprint density at radius 2 is 2.06 bits per heavy atom. The Labute approximate surface area is 99.2 Å². The number of methoxy groups -OCH3 is 1. The summed E-state index contributed by atoms with van der Waals surface area (Å²) >= 11 is 0. The molecule has 1 heterocycles. The van der Waals surface area contributed by atoms with Gasteiger partial charge in [0.05, 0.1) is 7.11 Å². The normalized spacial score (nSPS) is 11.8. The fourth-order valence-corrected chi connectivity index (χ4v) is 1.07. The molecule has 0 radical (unpaired) electrons. The van der Waals surface area contributed by atoms with Crippen molar-refractivity contribution < 1.29 is 9.53 Å². The summed E-state index contributed by atoms with van der Waals surface area (Å²) in [6.45, 7) is 1.64. The number of anilines is 3. The molecule has 1 aromatic heterocycles. The molecular weight excluding hydrogens is 224 g/mol. The zero-order chi connectivity index (χ0) is 13.0. The summed E-state index contributed by atoms with van der Waals surface area (Å²) in [7, 11) is 4.87. The van der Waals surface area contributed by atoms with Crippen LogP contribution in [-0.4, -0.2) is 48.2 Å². The Morgan fingerprint density at radius 1 is 1.41 bits per heavy atom. The maximum absolute atomic E-state index is 11.2. The van der Waals surface area contributed by atoms with E-state index in [0.29, 0.717) is 5.95 Å². The van der Waals surface area contributed by atoms with Crippen molar-refractivity contribution in [3.8, 4) is 0 Å². The van der Waals surface area contributed by atoms with Gasteiger partial charge in [0.25, 0.3) is 0 Å². The van der Waals surface area contributed by atoms with Gasteiger partial charge in [-0.15, -0.1) is 0 Å². The van der Waals surface area contributed by atoms with Gasteiger partial charge in [0, 0.05) is 14.1 Å².